The number of rotatable bonds is 6. The summed E-state index contributed by atoms with van der Waals surface area (Å²) in [5, 5.41) is 14.3. The topological polar surface area (TPSA) is 99.3 Å². The SMILES string of the molecule is COc1cc(F)cc(Nc2ccc(C(=O)c3nccn3C)cc2[N+](=O)[O-])c1. The monoisotopic (exact) mass is 370 g/mol. The second-order valence-electron chi connectivity index (χ2n) is 5.68. The summed E-state index contributed by atoms with van der Waals surface area (Å²) in [5.74, 6) is -0.563. The molecule has 3 rings (SSSR count). The van der Waals surface area contributed by atoms with Crippen molar-refractivity contribution < 1.29 is 18.8 Å². The van der Waals surface area contributed by atoms with Gasteiger partial charge in [0.05, 0.1) is 12.0 Å². The predicted octanol–water partition coefficient (Wildman–Crippen LogP) is 3.45. The Morgan fingerprint density at radius 3 is 2.70 bits per heavy atom. The van der Waals surface area contributed by atoms with Crippen LogP contribution in [0.15, 0.2) is 48.8 Å². The Balaban J connectivity index is 1.97. The number of benzene rings is 2. The number of hydrogen-bond acceptors (Lipinski definition) is 6. The Kier molecular flexibility index (Phi) is 4.84. The maximum absolute atomic E-state index is 13.6. The first-order valence-corrected chi connectivity index (χ1v) is 7.81. The van der Waals surface area contributed by atoms with Gasteiger partial charge in [0, 0.05) is 48.9 Å². The summed E-state index contributed by atoms with van der Waals surface area (Å²) in [6, 6.07) is 7.87. The number of aromatic nitrogens is 2. The number of nitrogens with zero attached hydrogens (tertiary/aromatic N) is 3. The van der Waals surface area contributed by atoms with E-state index in [2.05, 4.69) is 10.3 Å². The van der Waals surface area contributed by atoms with Gasteiger partial charge in [-0.2, -0.15) is 0 Å². The van der Waals surface area contributed by atoms with Crippen LogP contribution in [0.4, 0.5) is 21.5 Å². The van der Waals surface area contributed by atoms with Crippen LogP contribution in [-0.2, 0) is 7.05 Å². The largest absolute Gasteiger partial charge is 0.497 e. The first-order valence-electron chi connectivity index (χ1n) is 7.81. The highest BCUT2D eigenvalue weighted by Crippen LogP contribution is 2.31. The van der Waals surface area contributed by atoms with Crippen molar-refractivity contribution in [3.05, 3.63) is 76.1 Å². The molecule has 138 valence electrons. The third-order valence-electron chi connectivity index (χ3n) is 3.87. The molecule has 0 amide bonds. The number of aryl methyl sites for hydroxylation is 1. The van der Waals surface area contributed by atoms with Gasteiger partial charge in [0.2, 0.25) is 5.78 Å². The minimum atomic E-state index is -0.617. The first-order chi connectivity index (χ1) is 12.9. The predicted molar refractivity (Wildman–Crippen MR) is 96.0 cm³/mol. The number of nitro benzene ring substituents is 1. The molecule has 0 saturated heterocycles. The molecule has 1 N–H and O–H groups in total. The number of anilines is 2. The number of carbonyl (C=O) groups excluding carboxylic acids is 1. The molecule has 0 fully saturated rings. The molecule has 0 saturated carbocycles. The molecule has 8 nitrogen and oxygen atoms in total. The molecule has 0 bridgehead atoms. The van der Waals surface area contributed by atoms with Gasteiger partial charge >= 0.3 is 0 Å². The third-order valence-corrected chi connectivity index (χ3v) is 3.87. The molecule has 0 aliphatic heterocycles. The van der Waals surface area contributed by atoms with Gasteiger partial charge in [-0.05, 0) is 18.2 Å². The van der Waals surface area contributed by atoms with Gasteiger partial charge in [0.15, 0.2) is 5.82 Å². The quantitative estimate of drug-likeness (QED) is 0.405. The van der Waals surface area contributed by atoms with E-state index >= 15 is 0 Å². The molecule has 1 aromatic heterocycles. The van der Waals surface area contributed by atoms with Crippen LogP contribution in [-0.4, -0.2) is 27.4 Å². The number of methoxy groups -OCH3 is 1. The zero-order valence-electron chi connectivity index (χ0n) is 14.5. The van der Waals surface area contributed by atoms with Crippen molar-refractivity contribution in [2.24, 2.45) is 7.05 Å². The lowest BCUT2D eigenvalue weighted by Crippen LogP contribution is -2.09. The van der Waals surface area contributed by atoms with Crippen molar-refractivity contribution in [2.45, 2.75) is 0 Å². The van der Waals surface area contributed by atoms with E-state index in [1.165, 1.54) is 48.2 Å². The van der Waals surface area contributed by atoms with E-state index in [0.717, 1.165) is 6.07 Å². The Morgan fingerprint density at radius 1 is 1.30 bits per heavy atom. The number of imidazole rings is 1. The second kappa shape index (κ2) is 7.24. The zero-order chi connectivity index (χ0) is 19.6. The molecule has 0 aliphatic carbocycles. The van der Waals surface area contributed by atoms with E-state index < -0.39 is 16.5 Å². The number of carbonyl (C=O) groups is 1. The average molecular weight is 370 g/mol. The van der Waals surface area contributed by atoms with Gasteiger partial charge in [-0.3, -0.25) is 14.9 Å². The van der Waals surface area contributed by atoms with E-state index in [-0.39, 0.29) is 34.2 Å². The fourth-order valence-electron chi connectivity index (χ4n) is 2.55. The lowest BCUT2D eigenvalue weighted by molar-refractivity contribution is -0.383. The van der Waals surface area contributed by atoms with Crippen molar-refractivity contribution in [1.29, 1.82) is 0 Å². The summed E-state index contributed by atoms with van der Waals surface area (Å²) >= 11 is 0. The van der Waals surface area contributed by atoms with E-state index in [1.807, 2.05) is 0 Å². The van der Waals surface area contributed by atoms with Crippen LogP contribution in [0, 0.1) is 15.9 Å². The second-order valence-corrected chi connectivity index (χ2v) is 5.68. The Bertz CT molecular complexity index is 1030. The molecule has 0 atom stereocenters. The number of hydrogen-bond donors (Lipinski definition) is 1. The van der Waals surface area contributed by atoms with Crippen LogP contribution in [0.25, 0.3) is 0 Å². The maximum atomic E-state index is 13.6. The molecular formula is C18H15FN4O4. The van der Waals surface area contributed by atoms with Crippen molar-refractivity contribution in [3.63, 3.8) is 0 Å². The molecular weight excluding hydrogens is 355 g/mol. The van der Waals surface area contributed by atoms with Gasteiger partial charge in [-0.25, -0.2) is 9.37 Å². The smallest absolute Gasteiger partial charge is 0.293 e. The minimum Gasteiger partial charge on any atom is -0.497 e. The van der Waals surface area contributed by atoms with E-state index in [4.69, 9.17) is 4.74 Å². The molecule has 9 heteroatoms. The summed E-state index contributed by atoms with van der Waals surface area (Å²) in [6.45, 7) is 0. The molecule has 0 spiro atoms. The van der Waals surface area contributed by atoms with Crippen molar-refractivity contribution in [3.8, 4) is 5.75 Å². The van der Waals surface area contributed by atoms with Crippen LogP contribution in [0.1, 0.15) is 16.2 Å². The lowest BCUT2D eigenvalue weighted by Gasteiger charge is -2.10. The number of ether oxygens (including phenoxy) is 1. The number of ketones is 1. The van der Waals surface area contributed by atoms with Crippen LogP contribution in [0.2, 0.25) is 0 Å². The van der Waals surface area contributed by atoms with Gasteiger partial charge < -0.3 is 14.6 Å². The molecule has 2 aromatic carbocycles. The normalized spacial score (nSPS) is 10.5. The summed E-state index contributed by atoms with van der Waals surface area (Å²) in [6.07, 6.45) is 3.07. The standard InChI is InChI=1S/C18H15FN4O4/c1-22-6-5-20-18(22)17(24)11-3-4-15(16(7-11)23(25)26)21-13-8-12(19)9-14(10-13)27-2/h3-10,21H,1-2H3. The van der Waals surface area contributed by atoms with Crippen molar-refractivity contribution >= 4 is 22.8 Å². The molecule has 1 heterocycles. The Morgan fingerprint density at radius 2 is 2.07 bits per heavy atom. The van der Waals surface area contributed by atoms with Crippen molar-refractivity contribution in [1.82, 2.24) is 9.55 Å². The highest BCUT2D eigenvalue weighted by Gasteiger charge is 2.21. The zero-order valence-corrected chi connectivity index (χ0v) is 14.5. The molecule has 3 aromatic rings. The summed E-state index contributed by atoms with van der Waals surface area (Å²) < 4.78 is 20.1. The lowest BCUT2D eigenvalue weighted by atomic mass is 10.1. The van der Waals surface area contributed by atoms with E-state index in [0.29, 0.717) is 0 Å². The molecule has 0 aliphatic rings. The summed E-state index contributed by atoms with van der Waals surface area (Å²) in [4.78, 5) is 27.3. The van der Waals surface area contributed by atoms with Crippen LogP contribution in [0.5, 0.6) is 5.75 Å². The van der Waals surface area contributed by atoms with Crippen LogP contribution < -0.4 is 10.1 Å². The Labute approximate surface area is 153 Å². The summed E-state index contributed by atoms with van der Waals surface area (Å²) in [7, 11) is 3.04. The van der Waals surface area contributed by atoms with Crippen molar-refractivity contribution in [2.75, 3.05) is 12.4 Å². The van der Waals surface area contributed by atoms with Gasteiger partial charge in [0.1, 0.15) is 17.3 Å². The van der Waals surface area contributed by atoms with Crippen LogP contribution >= 0.6 is 0 Å². The fourth-order valence-corrected chi connectivity index (χ4v) is 2.55. The first kappa shape index (κ1) is 18.1. The highest BCUT2D eigenvalue weighted by atomic mass is 19.1. The third kappa shape index (κ3) is 3.76. The molecule has 27 heavy (non-hydrogen) atoms. The molecule has 0 unspecified atom stereocenters. The van der Waals surface area contributed by atoms with Crippen LogP contribution in [0.3, 0.4) is 0 Å². The minimum absolute atomic E-state index is 0.115. The molecule has 0 radical (unpaired) electrons. The van der Waals surface area contributed by atoms with Gasteiger partial charge in [0.25, 0.3) is 5.69 Å². The van der Waals surface area contributed by atoms with E-state index in [1.54, 1.807) is 13.2 Å². The van der Waals surface area contributed by atoms with Gasteiger partial charge in [-0.1, -0.05) is 0 Å². The fraction of sp³-hybridized carbons (Fsp3) is 0.111. The number of nitro groups is 1. The summed E-state index contributed by atoms with van der Waals surface area (Å²) in [5.41, 5.74) is 0.193. The average Bonchev–Trinajstić information content (AvgIpc) is 3.06. The highest BCUT2D eigenvalue weighted by molar-refractivity contribution is 6.07. The maximum Gasteiger partial charge on any atom is 0.293 e. The number of nitrogens with one attached hydrogen (secondary N) is 1. The number of halogens is 1. The van der Waals surface area contributed by atoms with E-state index in [9.17, 15) is 19.3 Å². The Hall–Kier alpha value is -3.75. The van der Waals surface area contributed by atoms with Gasteiger partial charge in [-0.15, -0.1) is 0 Å².